The molecule has 88 valence electrons. The molecule has 0 aliphatic carbocycles. The number of esters is 1. The smallest absolute Gasteiger partial charge is 0.323 e. The van der Waals surface area contributed by atoms with E-state index in [0.29, 0.717) is 12.6 Å². The molecule has 2 atom stereocenters. The number of carbonyl (C=O) groups excluding carboxylic acids is 1. The SMILES string of the molecule is CCOC(=O)C(C)N1CCCCC1CC. The lowest BCUT2D eigenvalue weighted by molar-refractivity contribution is -0.150. The molecule has 0 amide bonds. The summed E-state index contributed by atoms with van der Waals surface area (Å²) in [5, 5.41) is 0. The van der Waals surface area contributed by atoms with Crippen molar-refractivity contribution in [3.8, 4) is 0 Å². The fraction of sp³-hybridized carbons (Fsp3) is 0.917. The lowest BCUT2D eigenvalue weighted by atomic mass is 9.98. The van der Waals surface area contributed by atoms with Gasteiger partial charge in [-0.25, -0.2) is 0 Å². The predicted octanol–water partition coefficient (Wildman–Crippen LogP) is 2.20. The molecule has 0 aromatic carbocycles. The first kappa shape index (κ1) is 12.5. The molecule has 1 heterocycles. The monoisotopic (exact) mass is 213 g/mol. The zero-order chi connectivity index (χ0) is 11.3. The maximum absolute atomic E-state index is 11.6. The molecular formula is C12H23NO2. The zero-order valence-corrected chi connectivity index (χ0v) is 10.2. The summed E-state index contributed by atoms with van der Waals surface area (Å²) in [6, 6.07) is 0.494. The van der Waals surface area contributed by atoms with Crippen molar-refractivity contribution in [2.24, 2.45) is 0 Å². The van der Waals surface area contributed by atoms with Gasteiger partial charge in [0.05, 0.1) is 6.61 Å². The normalized spacial score (nSPS) is 24.9. The van der Waals surface area contributed by atoms with Gasteiger partial charge in [0.1, 0.15) is 6.04 Å². The minimum atomic E-state index is -0.0739. The summed E-state index contributed by atoms with van der Waals surface area (Å²) in [4.78, 5) is 13.9. The average Bonchev–Trinajstić information content (AvgIpc) is 2.28. The minimum Gasteiger partial charge on any atom is -0.465 e. The molecular weight excluding hydrogens is 190 g/mol. The number of ether oxygens (including phenoxy) is 1. The molecule has 15 heavy (non-hydrogen) atoms. The first-order valence-electron chi connectivity index (χ1n) is 6.13. The molecule has 1 aliphatic rings. The summed E-state index contributed by atoms with van der Waals surface area (Å²) in [6.07, 6.45) is 4.86. The number of hydrogen-bond acceptors (Lipinski definition) is 3. The minimum absolute atomic E-state index is 0.0714. The van der Waals surface area contributed by atoms with Crippen LogP contribution in [0.3, 0.4) is 0 Å². The Hall–Kier alpha value is -0.570. The summed E-state index contributed by atoms with van der Waals surface area (Å²) >= 11 is 0. The molecule has 1 saturated heterocycles. The Balaban J connectivity index is 2.54. The van der Waals surface area contributed by atoms with Crippen LogP contribution in [0.1, 0.15) is 46.5 Å². The van der Waals surface area contributed by atoms with Gasteiger partial charge in [-0.3, -0.25) is 9.69 Å². The van der Waals surface area contributed by atoms with Crippen LogP contribution in [0.25, 0.3) is 0 Å². The van der Waals surface area contributed by atoms with E-state index in [1.54, 1.807) is 0 Å². The fourth-order valence-electron chi connectivity index (χ4n) is 2.37. The first-order valence-corrected chi connectivity index (χ1v) is 6.13. The lowest BCUT2D eigenvalue weighted by Crippen LogP contribution is -2.48. The summed E-state index contributed by atoms with van der Waals surface area (Å²) < 4.78 is 5.07. The molecule has 0 aromatic heterocycles. The second kappa shape index (κ2) is 6.11. The van der Waals surface area contributed by atoms with Crippen LogP contribution >= 0.6 is 0 Å². The van der Waals surface area contributed by atoms with Crippen LogP contribution in [0.4, 0.5) is 0 Å². The van der Waals surface area contributed by atoms with E-state index in [1.807, 2.05) is 13.8 Å². The van der Waals surface area contributed by atoms with Gasteiger partial charge in [0.25, 0.3) is 0 Å². The van der Waals surface area contributed by atoms with Crippen molar-refractivity contribution in [2.75, 3.05) is 13.2 Å². The van der Waals surface area contributed by atoms with Gasteiger partial charge in [0.2, 0.25) is 0 Å². The van der Waals surface area contributed by atoms with Gasteiger partial charge in [-0.05, 0) is 39.7 Å². The summed E-state index contributed by atoms with van der Waals surface area (Å²) in [7, 11) is 0. The second-order valence-electron chi connectivity index (χ2n) is 4.22. The number of piperidine rings is 1. The number of rotatable bonds is 4. The van der Waals surface area contributed by atoms with Crippen molar-refractivity contribution in [3.63, 3.8) is 0 Å². The molecule has 1 fully saturated rings. The number of nitrogens with zero attached hydrogens (tertiary/aromatic N) is 1. The van der Waals surface area contributed by atoms with E-state index in [1.165, 1.54) is 19.3 Å². The summed E-state index contributed by atoms with van der Waals surface area (Å²) in [5.41, 5.74) is 0. The third-order valence-corrected chi connectivity index (χ3v) is 3.27. The number of hydrogen-bond donors (Lipinski definition) is 0. The van der Waals surface area contributed by atoms with E-state index >= 15 is 0 Å². The third kappa shape index (κ3) is 3.20. The summed E-state index contributed by atoms with van der Waals surface area (Å²) in [6.45, 7) is 7.54. The first-order chi connectivity index (χ1) is 7.20. The Morgan fingerprint density at radius 2 is 2.20 bits per heavy atom. The van der Waals surface area contributed by atoms with Gasteiger partial charge in [-0.15, -0.1) is 0 Å². The number of carbonyl (C=O) groups is 1. The molecule has 2 unspecified atom stereocenters. The van der Waals surface area contributed by atoms with Gasteiger partial charge in [0, 0.05) is 6.04 Å². The third-order valence-electron chi connectivity index (χ3n) is 3.27. The maximum Gasteiger partial charge on any atom is 0.323 e. The molecule has 1 rings (SSSR count). The van der Waals surface area contributed by atoms with E-state index in [0.717, 1.165) is 13.0 Å². The molecule has 0 aromatic rings. The van der Waals surface area contributed by atoms with E-state index in [4.69, 9.17) is 4.74 Å². The van der Waals surface area contributed by atoms with Gasteiger partial charge in [-0.1, -0.05) is 13.3 Å². The largest absolute Gasteiger partial charge is 0.465 e. The van der Waals surface area contributed by atoms with E-state index in [9.17, 15) is 4.79 Å². The van der Waals surface area contributed by atoms with Gasteiger partial charge < -0.3 is 4.74 Å². The van der Waals surface area contributed by atoms with E-state index in [-0.39, 0.29) is 12.0 Å². The van der Waals surface area contributed by atoms with Crippen LogP contribution in [-0.2, 0) is 9.53 Å². The van der Waals surface area contributed by atoms with Crippen molar-refractivity contribution in [1.29, 1.82) is 0 Å². The van der Waals surface area contributed by atoms with Crippen LogP contribution in [0, 0.1) is 0 Å². The topological polar surface area (TPSA) is 29.5 Å². The molecule has 0 radical (unpaired) electrons. The van der Waals surface area contributed by atoms with Crippen molar-refractivity contribution < 1.29 is 9.53 Å². The molecule has 0 bridgehead atoms. The Bertz CT molecular complexity index is 206. The predicted molar refractivity (Wildman–Crippen MR) is 60.7 cm³/mol. The molecule has 0 N–H and O–H groups in total. The van der Waals surface area contributed by atoms with Gasteiger partial charge >= 0.3 is 5.97 Å². The van der Waals surface area contributed by atoms with Crippen LogP contribution in [-0.4, -0.2) is 36.1 Å². The van der Waals surface area contributed by atoms with Crippen LogP contribution < -0.4 is 0 Å². The highest BCUT2D eigenvalue weighted by Crippen LogP contribution is 2.22. The average molecular weight is 213 g/mol. The molecule has 1 aliphatic heterocycles. The van der Waals surface area contributed by atoms with Crippen molar-refractivity contribution in [2.45, 2.75) is 58.5 Å². The standard InChI is InChI=1S/C12H23NO2/c1-4-11-8-6-7-9-13(11)10(3)12(14)15-5-2/h10-11H,4-9H2,1-3H3. The zero-order valence-electron chi connectivity index (χ0n) is 10.2. The Morgan fingerprint density at radius 1 is 1.47 bits per heavy atom. The lowest BCUT2D eigenvalue weighted by Gasteiger charge is -2.38. The van der Waals surface area contributed by atoms with Crippen LogP contribution in [0.15, 0.2) is 0 Å². The highest BCUT2D eigenvalue weighted by Gasteiger charge is 2.29. The van der Waals surface area contributed by atoms with Gasteiger partial charge in [-0.2, -0.15) is 0 Å². The van der Waals surface area contributed by atoms with Crippen molar-refractivity contribution in [1.82, 2.24) is 4.90 Å². The molecule has 0 saturated carbocycles. The summed E-state index contributed by atoms with van der Waals surface area (Å²) in [5.74, 6) is -0.0714. The Labute approximate surface area is 92.8 Å². The molecule has 3 heteroatoms. The highest BCUT2D eigenvalue weighted by molar-refractivity contribution is 5.75. The molecule has 3 nitrogen and oxygen atoms in total. The Morgan fingerprint density at radius 3 is 2.80 bits per heavy atom. The van der Waals surface area contributed by atoms with Crippen molar-refractivity contribution in [3.05, 3.63) is 0 Å². The van der Waals surface area contributed by atoms with E-state index < -0.39 is 0 Å². The molecule has 0 spiro atoms. The Kier molecular flexibility index (Phi) is 5.09. The fourth-order valence-corrected chi connectivity index (χ4v) is 2.37. The quantitative estimate of drug-likeness (QED) is 0.670. The van der Waals surface area contributed by atoms with Crippen LogP contribution in [0.2, 0.25) is 0 Å². The highest BCUT2D eigenvalue weighted by atomic mass is 16.5. The van der Waals surface area contributed by atoms with Crippen molar-refractivity contribution >= 4 is 5.97 Å². The van der Waals surface area contributed by atoms with E-state index in [2.05, 4.69) is 11.8 Å². The second-order valence-corrected chi connectivity index (χ2v) is 4.22. The number of likely N-dealkylation sites (tertiary alicyclic amines) is 1. The maximum atomic E-state index is 11.6. The van der Waals surface area contributed by atoms with Crippen LogP contribution in [0.5, 0.6) is 0 Å². The van der Waals surface area contributed by atoms with Gasteiger partial charge in [0.15, 0.2) is 0 Å².